The van der Waals surface area contributed by atoms with Crippen molar-refractivity contribution in [2.45, 2.75) is 12.8 Å². The number of amides is 2. The minimum absolute atomic E-state index is 0.0403. The topological polar surface area (TPSA) is 49.4 Å². The summed E-state index contributed by atoms with van der Waals surface area (Å²) in [5, 5.41) is 6.93. The normalized spacial score (nSPS) is 13.1. The van der Waals surface area contributed by atoms with Crippen LogP contribution in [-0.4, -0.2) is 18.4 Å². The molecule has 2 amide bonds. The molecule has 0 spiro atoms. The van der Waals surface area contributed by atoms with E-state index in [2.05, 4.69) is 5.32 Å². The number of fused-ring (bicyclic) bond motifs is 2. The number of benzene rings is 3. The molecular weight excluding hydrogens is 392 g/mol. The standard InChI is InChI=1S/C25H20N2O2S/c28-24(21-10-3-7-17-6-1-2-9-20(17)21)26-19-12-13-22-18(16-19)8-4-14-27(22)25(29)23-11-5-15-30-23/h1-3,5-7,9-13,15-16H,4,8,14H2,(H,26,28). The third-order valence-electron chi connectivity index (χ3n) is 5.47. The number of nitrogens with zero attached hydrogens (tertiary/aromatic N) is 1. The molecule has 0 saturated heterocycles. The molecule has 5 heteroatoms. The van der Waals surface area contributed by atoms with Gasteiger partial charge in [0.05, 0.1) is 4.88 Å². The number of aryl methyl sites for hydroxylation is 1. The molecule has 5 rings (SSSR count). The molecule has 0 saturated carbocycles. The van der Waals surface area contributed by atoms with Crippen molar-refractivity contribution in [2.75, 3.05) is 16.8 Å². The summed E-state index contributed by atoms with van der Waals surface area (Å²) < 4.78 is 0. The molecule has 1 aliphatic rings. The van der Waals surface area contributed by atoms with E-state index in [0.29, 0.717) is 12.1 Å². The highest BCUT2D eigenvalue weighted by atomic mass is 32.1. The summed E-state index contributed by atoms with van der Waals surface area (Å²) >= 11 is 1.46. The maximum atomic E-state index is 12.9. The van der Waals surface area contributed by atoms with Crippen LogP contribution < -0.4 is 10.2 Å². The average Bonchev–Trinajstić information content (AvgIpc) is 3.32. The number of hydrogen-bond acceptors (Lipinski definition) is 3. The molecule has 0 radical (unpaired) electrons. The van der Waals surface area contributed by atoms with Crippen molar-refractivity contribution < 1.29 is 9.59 Å². The Balaban J connectivity index is 1.42. The SMILES string of the molecule is O=C(Nc1ccc2c(c1)CCCN2C(=O)c1cccs1)c1cccc2ccccc12. The zero-order chi connectivity index (χ0) is 20.5. The van der Waals surface area contributed by atoms with Gasteiger partial charge in [-0.2, -0.15) is 0 Å². The number of thiophene rings is 1. The number of nitrogens with one attached hydrogen (secondary N) is 1. The van der Waals surface area contributed by atoms with E-state index in [-0.39, 0.29) is 11.8 Å². The van der Waals surface area contributed by atoms with Crippen LogP contribution in [0.1, 0.15) is 32.0 Å². The highest BCUT2D eigenvalue weighted by Gasteiger charge is 2.24. The summed E-state index contributed by atoms with van der Waals surface area (Å²) in [6.07, 6.45) is 1.80. The number of anilines is 2. The van der Waals surface area contributed by atoms with Crippen molar-refractivity contribution in [3.8, 4) is 0 Å². The molecule has 148 valence electrons. The van der Waals surface area contributed by atoms with Crippen LogP contribution in [0, 0.1) is 0 Å². The Morgan fingerprint density at radius 1 is 0.933 bits per heavy atom. The van der Waals surface area contributed by atoms with Gasteiger partial charge in [-0.05, 0) is 64.9 Å². The molecule has 4 nitrogen and oxygen atoms in total. The van der Waals surface area contributed by atoms with Gasteiger partial charge < -0.3 is 10.2 Å². The molecule has 4 aromatic rings. The van der Waals surface area contributed by atoms with Gasteiger partial charge in [-0.1, -0.05) is 42.5 Å². The summed E-state index contributed by atoms with van der Waals surface area (Å²) in [5.41, 5.74) is 3.42. The minimum atomic E-state index is -0.130. The average molecular weight is 413 g/mol. The number of carbonyl (C=O) groups is 2. The fourth-order valence-electron chi connectivity index (χ4n) is 4.04. The van der Waals surface area contributed by atoms with Gasteiger partial charge in [0.25, 0.3) is 11.8 Å². The van der Waals surface area contributed by atoms with Crippen molar-refractivity contribution in [2.24, 2.45) is 0 Å². The van der Waals surface area contributed by atoms with Gasteiger partial charge in [-0.3, -0.25) is 9.59 Å². The smallest absolute Gasteiger partial charge is 0.268 e. The molecule has 0 fully saturated rings. The molecule has 0 bridgehead atoms. The van der Waals surface area contributed by atoms with Crippen LogP contribution in [0.15, 0.2) is 78.2 Å². The molecule has 3 aromatic carbocycles. The van der Waals surface area contributed by atoms with Crippen molar-refractivity contribution in [1.82, 2.24) is 0 Å². The summed E-state index contributed by atoms with van der Waals surface area (Å²) in [6, 6.07) is 23.2. The maximum absolute atomic E-state index is 12.9. The fraction of sp³-hybridized carbons (Fsp3) is 0.120. The van der Waals surface area contributed by atoms with Gasteiger partial charge >= 0.3 is 0 Å². The predicted molar refractivity (Wildman–Crippen MR) is 123 cm³/mol. The van der Waals surface area contributed by atoms with E-state index in [1.807, 2.05) is 83.1 Å². The lowest BCUT2D eigenvalue weighted by atomic mass is 10.00. The van der Waals surface area contributed by atoms with E-state index in [9.17, 15) is 9.59 Å². The van der Waals surface area contributed by atoms with Crippen LogP contribution in [0.3, 0.4) is 0 Å². The van der Waals surface area contributed by atoms with Crippen molar-refractivity contribution in [1.29, 1.82) is 0 Å². The van der Waals surface area contributed by atoms with E-state index in [4.69, 9.17) is 0 Å². The Bertz CT molecular complexity index is 1240. The summed E-state index contributed by atoms with van der Waals surface area (Å²) in [6.45, 7) is 0.714. The number of carbonyl (C=O) groups excluding carboxylic acids is 2. The second-order valence-electron chi connectivity index (χ2n) is 7.36. The molecular formula is C25H20N2O2S. The Morgan fingerprint density at radius 2 is 1.80 bits per heavy atom. The molecule has 1 N–H and O–H groups in total. The first-order chi connectivity index (χ1) is 14.7. The Hall–Kier alpha value is -3.44. The monoisotopic (exact) mass is 412 g/mol. The lowest BCUT2D eigenvalue weighted by molar-refractivity contribution is 0.0987. The van der Waals surface area contributed by atoms with Crippen LogP contribution in [0.5, 0.6) is 0 Å². The molecule has 1 aromatic heterocycles. The van der Waals surface area contributed by atoms with Crippen LogP contribution in [0.25, 0.3) is 10.8 Å². The minimum Gasteiger partial charge on any atom is -0.322 e. The Kier molecular flexibility index (Phi) is 4.81. The second-order valence-corrected chi connectivity index (χ2v) is 8.31. The van der Waals surface area contributed by atoms with Crippen LogP contribution in [0.4, 0.5) is 11.4 Å². The molecule has 0 aliphatic carbocycles. The van der Waals surface area contributed by atoms with E-state index in [1.54, 1.807) is 0 Å². The molecule has 30 heavy (non-hydrogen) atoms. The van der Waals surface area contributed by atoms with E-state index in [0.717, 1.165) is 45.4 Å². The van der Waals surface area contributed by atoms with Gasteiger partial charge in [0.2, 0.25) is 0 Å². The van der Waals surface area contributed by atoms with Gasteiger partial charge in [0.15, 0.2) is 0 Å². The highest BCUT2D eigenvalue weighted by Crippen LogP contribution is 2.32. The van der Waals surface area contributed by atoms with Crippen LogP contribution >= 0.6 is 11.3 Å². The highest BCUT2D eigenvalue weighted by molar-refractivity contribution is 7.12. The van der Waals surface area contributed by atoms with Gasteiger partial charge in [0.1, 0.15) is 0 Å². The third-order valence-corrected chi connectivity index (χ3v) is 6.33. The third kappa shape index (κ3) is 3.37. The van der Waals surface area contributed by atoms with Crippen LogP contribution in [0.2, 0.25) is 0 Å². The lowest BCUT2D eigenvalue weighted by Gasteiger charge is -2.29. The predicted octanol–water partition coefficient (Wildman–Crippen LogP) is 5.75. The second kappa shape index (κ2) is 7.76. The van der Waals surface area contributed by atoms with Gasteiger partial charge in [-0.15, -0.1) is 11.3 Å². The molecule has 1 aliphatic heterocycles. The van der Waals surface area contributed by atoms with Crippen molar-refractivity contribution in [3.63, 3.8) is 0 Å². The van der Waals surface area contributed by atoms with Gasteiger partial charge in [0, 0.05) is 23.5 Å². The lowest BCUT2D eigenvalue weighted by Crippen LogP contribution is -2.35. The van der Waals surface area contributed by atoms with Gasteiger partial charge in [-0.25, -0.2) is 0 Å². The van der Waals surface area contributed by atoms with E-state index >= 15 is 0 Å². The Labute approximate surface area is 178 Å². The quantitative estimate of drug-likeness (QED) is 0.466. The van der Waals surface area contributed by atoms with Crippen molar-refractivity contribution in [3.05, 3.63) is 94.2 Å². The molecule has 0 atom stereocenters. The van der Waals surface area contributed by atoms with E-state index in [1.165, 1.54) is 11.3 Å². The van der Waals surface area contributed by atoms with E-state index < -0.39 is 0 Å². The summed E-state index contributed by atoms with van der Waals surface area (Å²) in [4.78, 5) is 28.4. The fourth-order valence-corrected chi connectivity index (χ4v) is 4.71. The summed E-state index contributed by atoms with van der Waals surface area (Å²) in [5.74, 6) is -0.0902. The van der Waals surface area contributed by atoms with Crippen LogP contribution in [-0.2, 0) is 6.42 Å². The maximum Gasteiger partial charge on any atom is 0.268 e. The first-order valence-electron chi connectivity index (χ1n) is 9.98. The zero-order valence-corrected chi connectivity index (χ0v) is 17.1. The number of hydrogen-bond donors (Lipinski definition) is 1. The largest absolute Gasteiger partial charge is 0.322 e. The first-order valence-corrected chi connectivity index (χ1v) is 10.9. The summed E-state index contributed by atoms with van der Waals surface area (Å²) in [7, 11) is 0. The Morgan fingerprint density at radius 3 is 2.67 bits per heavy atom. The molecule has 2 heterocycles. The molecule has 0 unspecified atom stereocenters. The number of rotatable bonds is 3. The zero-order valence-electron chi connectivity index (χ0n) is 16.3. The van der Waals surface area contributed by atoms with Crippen molar-refractivity contribution >= 4 is 45.3 Å². The first kappa shape index (κ1) is 18.6.